The maximum atomic E-state index is 9.67. The van der Waals surface area contributed by atoms with Gasteiger partial charge in [0.1, 0.15) is 13.1 Å². The van der Waals surface area contributed by atoms with Gasteiger partial charge in [-0.1, -0.05) is 129 Å². The Morgan fingerprint density at radius 2 is 0.476 bits per heavy atom. The highest BCUT2D eigenvalue weighted by Crippen LogP contribution is 2.17. The van der Waals surface area contributed by atoms with Gasteiger partial charge in [-0.2, -0.15) is 0 Å². The molecule has 0 radical (unpaired) electrons. The molecular weight excluding hydrogens is 516 g/mol. The largest absolute Gasteiger partial charge is 0.391 e. The van der Waals surface area contributed by atoms with Crippen molar-refractivity contribution in [1.29, 1.82) is 0 Å². The molecule has 0 aromatic heterocycles. The highest BCUT2D eigenvalue weighted by atomic mass is 16.3. The molecule has 0 aromatic rings. The molecule has 0 heterocycles. The van der Waals surface area contributed by atoms with Crippen LogP contribution in [0.5, 0.6) is 0 Å². The van der Waals surface area contributed by atoms with E-state index in [1.54, 1.807) is 0 Å². The number of aliphatic hydroxyl groups is 2. The summed E-state index contributed by atoms with van der Waals surface area (Å²) in [5.41, 5.74) is 0. The molecule has 42 heavy (non-hydrogen) atoms. The summed E-state index contributed by atoms with van der Waals surface area (Å²) in [7, 11) is 4.75. The van der Waals surface area contributed by atoms with E-state index >= 15 is 0 Å². The first-order chi connectivity index (χ1) is 20.4. The predicted octanol–water partition coefficient (Wildman–Crippen LogP) is 10.0. The van der Waals surface area contributed by atoms with Gasteiger partial charge in [0, 0.05) is 0 Å². The minimum absolute atomic E-state index is 0.318. The Morgan fingerprint density at radius 1 is 0.286 bits per heavy atom. The molecule has 254 valence electrons. The first kappa shape index (κ1) is 41.8. The molecule has 0 saturated carbocycles. The van der Waals surface area contributed by atoms with Gasteiger partial charge in [-0.3, -0.25) is 0 Å². The quantitative estimate of drug-likeness (QED) is 0.0563. The average Bonchev–Trinajstić information content (AvgIpc) is 2.97. The highest BCUT2D eigenvalue weighted by Gasteiger charge is 2.21. The number of quaternary nitrogens is 2. The molecule has 4 heteroatoms. The average molecular weight is 599 g/mol. The van der Waals surface area contributed by atoms with Crippen LogP contribution in [-0.4, -0.2) is 85.8 Å². The second kappa shape index (κ2) is 30.8. The molecule has 0 amide bonds. The highest BCUT2D eigenvalue weighted by molar-refractivity contribution is 4.52. The summed E-state index contributed by atoms with van der Waals surface area (Å²) in [5.74, 6) is 0. The lowest BCUT2D eigenvalue weighted by Crippen LogP contribution is -2.47. The number of unbranched alkanes of at least 4 members (excludes halogenated alkanes) is 23. The van der Waals surface area contributed by atoms with E-state index in [1.807, 2.05) is 0 Å². The van der Waals surface area contributed by atoms with Crippen LogP contribution >= 0.6 is 0 Å². The number of aliphatic hydroxyl groups excluding tert-OH is 2. The Hall–Kier alpha value is -0.160. The lowest BCUT2D eigenvalue weighted by molar-refractivity contribution is -0.910. The smallest absolute Gasteiger partial charge is 0.102 e. The normalized spacial score (nSPS) is 14.7. The summed E-state index contributed by atoms with van der Waals surface area (Å²) in [6.45, 7) is 12.0. The van der Waals surface area contributed by atoms with E-state index in [4.69, 9.17) is 0 Å². The molecule has 0 fully saturated rings. The van der Waals surface area contributed by atoms with Gasteiger partial charge in [-0.05, 0) is 51.4 Å². The summed E-state index contributed by atoms with van der Waals surface area (Å²) in [5, 5.41) is 19.3. The number of nitrogens with zero attached hydrogens (tertiary/aromatic N) is 2. The van der Waals surface area contributed by atoms with Crippen LogP contribution in [0.1, 0.15) is 181 Å². The Bertz CT molecular complexity index is 485. The van der Waals surface area contributed by atoms with E-state index in [2.05, 4.69) is 27.9 Å². The monoisotopic (exact) mass is 599 g/mol. The van der Waals surface area contributed by atoms with Gasteiger partial charge in [0.2, 0.25) is 0 Å². The molecule has 0 spiro atoms. The van der Waals surface area contributed by atoms with E-state index in [1.165, 1.54) is 193 Å². The van der Waals surface area contributed by atoms with Gasteiger partial charge >= 0.3 is 0 Å². The molecule has 2 atom stereocenters. The van der Waals surface area contributed by atoms with Crippen LogP contribution in [0.3, 0.4) is 0 Å². The number of hydrogen-bond donors (Lipinski definition) is 2. The third kappa shape index (κ3) is 27.4. The van der Waals surface area contributed by atoms with E-state index in [9.17, 15) is 10.2 Å². The zero-order valence-corrected chi connectivity index (χ0v) is 29.8. The molecule has 4 nitrogen and oxygen atoms in total. The standard InChI is InChI=1S/C38H82N2O2/c1-5-7-9-11-13-15-17-19-23-27-31-39(3,35-37-41)33-29-25-21-22-26-30-34-40(4,36-38-42)32-28-24-20-18-16-14-12-10-8-6-2/h41-42H,5-38H2,1-4H3/q+2. The summed E-state index contributed by atoms with van der Waals surface area (Å²) in [6, 6.07) is 0. The van der Waals surface area contributed by atoms with Crippen LogP contribution < -0.4 is 0 Å². The molecule has 0 aliphatic heterocycles. The van der Waals surface area contributed by atoms with Crippen molar-refractivity contribution in [2.24, 2.45) is 0 Å². The van der Waals surface area contributed by atoms with Gasteiger partial charge in [0.15, 0.2) is 0 Å². The molecule has 2 N–H and O–H groups in total. The second-order valence-corrected chi connectivity index (χ2v) is 14.5. The van der Waals surface area contributed by atoms with Crippen LogP contribution in [0.25, 0.3) is 0 Å². The predicted molar refractivity (Wildman–Crippen MR) is 187 cm³/mol. The van der Waals surface area contributed by atoms with Gasteiger partial charge in [0.05, 0.1) is 53.5 Å². The van der Waals surface area contributed by atoms with Gasteiger partial charge in [-0.15, -0.1) is 0 Å². The van der Waals surface area contributed by atoms with Crippen LogP contribution in [0.15, 0.2) is 0 Å². The topological polar surface area (TPSA) is 40.5 Å². The number of rotatable bonds is 35. The fourth-order valence-corrected chi connectivity index (χ4v) is 6.81. The first-order valence-electron chi connectivity index (χ1n) is 19.3. The number of likely N-dealkylation sites (N-methyl/N-ethyl adjacent to an activating group) is 2. The molecular formula is C38H82N2O2+2. The van der Waals surface area contributed by atoms with Gasteiger partial charge in [0.25, 0.3) is 0 Å². The lowest BCUT2D eigenvalue weighted by atomic mass is 10.1. The zero-order valence-electron chi connectivity index (χ0n) is 29.8. The SMILES string of the molecule is CCCCCCCCCCCC[N+](C)(CCO)CCCCCCCC[N+](C)(CCO)CCCCCCCCCCCC. The van der Waals surface area contributed by atoms with Gasteiger partial charge in [-0.25, -0.2) is 0 Å². The van der Waals surface area contributed by atoms with Crippen LogP contribution in [0, 0.1) is 0 Å². The van der Waals surface area contributed by atoms with Crippen molar-refractivity contribution in [3.63, 3.8) is 0 Å². The molecule has 0 bridgehead atoms. The van der Waals surface area contributed by atoms with E-state index in [-0.39, 0.29) is 0 Å². The minimum atomic E-state index is 0.318. The van der Waals surface area contributed by atoms with Crippen molar-refractivity contribution in [3.8, 4) is 0 Å². The van der Waals surface area contributed by atoms with Crippen LogP contribution in [-0.2, 0) is 0 Å². The lowest BCUT2D eigenvalue weighted by Gasteiger charge is -2.34. The van der Waals surface area contributed by atoms with Gasteiger partial charge < -0.3 is 19.2 Å². The van der Waals surface area contributed by atoms with E-state index in [0.717, 1.165) is 22.1 Å². The molecule has 0 aliphatic carbocycles. The van der Waals surface area contributed by atoms with Crippen molar-refractivity contribution in [1.82, 2.24) is 0 Å². The Morgan fingerprint density at radius 3 is 0.667 bits per heavy atom. The summed E-state index contributed by atoms with van der Waals surface area (Å²) in [4.78, 5) is 0. The zero-order chi connectivity index (χ0) is 31.0. The van der Waals surface area contributed by atoms with Crippen LogP contribution in [0.2, 0.25) is 0 Å². The summed E-state index contributed by atoms with van der Waals surface area (Å²) >= 11 is 0. The fourth-order valence-electron chi connectivity index (χ4n) is 6.81. The first-order valence-corrected chi connectivity index (χ1v) is 19.3. The summed E-state index contributed by atoms with van der Waals surface area (Å²) < 4.78 is 2.12. The van der Waals surface area contributed by atoms with Crippen molar-refractivity contribution < 1.29 is 19.2 Å². The Labute approximate surface area is 266 Å². The molecule has 2 unspecified atom stereocenters. The maximum Gasteiger partial charge on any atom is 0.102 e. The van der Waals surface area contributed by atoms with E-state index < -0.39 is 0 Å². The third-order valence-electron chi connectivity index (χ3n) is 10.0. The van der Waals surface area contributed by atoms with Crippen molar-refractivity contribution in [3.05, 3.63) is 0 Å². The summed E-state index contributed by atoms with van der Waals surface area (Å²) in [6.07, 6.45) is 35.8. The Balaban J connectivity index is 3.89. The van der Waals surface area contributed by atoms with Crippen molar-refractivity contribution >= 4 is 0 Å². The number of hydrogen-bond acceptors (Lipinski definition) is 2. The minimum Gasteiger partial charge on any atom is -0.391 e. The van der Waals surface area contributed by atoms with Crippen molar-refractivity contribution in [2.45, 2.75) is 181 Å². The fraction of sp³-hybridized carbons (Fsp3) is 1.00. The second-order valence-electron chi connectivity index (χ2n) is 14.5. The Kier molecular flexibility index (Phi) is 30.7. The molecule has 0 aromatic carbocycles. The van der Waals surface area contributed by atoms with Crippen molar-refractivity contribution in [2.75, 3.05) is 66.6 Å². The molecule has 0 aliphatic rings. The molecule has 0 rings (SSSR count). The van der Waals surface area contributed by atoms with Crippen LogP contribution in [0.4, 0.5) is 0 Å². The third-order valence-corrected chi connectivity index (χ3v) is 10.0. The van der Waals surface area contributed by atoms with E-state index in [0.29, 0.717) is 13.2 Å². The maximum absolute atomic E-state index is 9.67. The molecule has 0 saturated heterocycles.